The van der Waals surface area contributed by atoms with Crippen molar-refractivity contribution in [1.82, 2.24) is 4.90 Å². The van der Waals surface area contributed by atoms with Crippen LogP contribution in [0.1, 0.15) is 0 Å². The standard InChI is InChI=1S/C18H14F5N3O4/c19-13-14(20)16(22)18(17(23)15(13)21)25-7-5-24(6-8-25)12(27)9-30-11-3-1-10(2-4-11)26(28)29/h1-4H,5-9H2. The number of halogens is 5. The van der Waals surface area contributed by atoms with Crippen molar-refractivity contribution in [1.29, 1.82) is 0 Å². The van der Waals surface area contributed by atoms with Gasteiger partial charge >= 0.3 is 0 Å². The summed E-state index contributed by atoms with van der Waals surface area (Å²) < 4.78 is 73.1. The summed E-state index contributed by atoms with van der Waals surface area (Å²) in [5.74, 6) is -10.4. The third kappa shape index (κ3) is 4.11. The van der Waals surface area contributed by atoms with E-state index in [-0.39, 0.29) is 44.2 Å². The van der Waals surface area contributed by atoms with E-state index in [1.165, 1.54) is 29.2 Å². The predicted octanol–water partition coefficient (Wildman–Crippen LogP) is 3.02. The number of rotatable bonds is 5. The van der Waals surface area contributed by atoms with Crippen LogP contribution < -0.4 is 9.64 Å². The van der Waals surface area contributed by atoms with Crippen LogP contribution in [0.25, 0.3) is 0 Å². The number of hydrogen-bond donors (Lipinski definition) is 0. The summed E-state index contributed by atoms with van der Waals surface area (Å²) in [7, 11) is 0. The van der Waals surface area contributed by atoms with Gasteiger partial charge in [-0.15, -0.1) is 0 Å². The van der Waals surface area contributed by atoms with Gasteiger partial charge in [0.2, 0.25) is 5.82 Å². The molecule has 0 atom stereocenters. The zero-order valence-electron chi connectivity index (χ0n) is 15.2. The molecular formula is C18H14F5N3O4. The minimum Gasteiger partial charge on any atom is -0.484 e. The lowest BCUT2D eigenvalue weighted by molar-refractivity contribution is -0.384. The number of amides is 1. The second-order valence-corrected chi connectivity index (χ2v) is 6.33. The highest BCUT2D eigenvalue weighted by molar-refractivity contribution is 5.78. The summed E-state index contributed by atoms with van der Waals surface area (Å²) in [6.07, 6.45) is 0. The number of nitrogens with zero attached hydrogens (tertiary/aromatic N) is 3. The molecule has 1 fully saturated rings. The molecule has 1 saturated heterocycles. The first-order valence-electron chi connectivity index (χ1n) is 8.62. The Morgan fingerprint density at radius 3 is 1.90 bits per heavy atom. The molecule has 1 amide bonds. The number of non-ortho nitro benzene ring substituents is 1. The Hall–Kier alpha value is -3.44. The Labute approximate surface area is 166 Å². The normalized spacial score (nSPS) is 14.0. The fourth-order valence-corrected chi connectivity index (χ4v) is 2.95. The van der Waals surface area contributed by atoms with Gasteiger partial charge < -0.3 is 14.5 Å². The van der Waals surface area contributed by atoms with Crippen molar-refractivity contribution in [3.8, 4) is 5.75 Å². The maximum absolute atomic E-state index is 13.9. The lowest BCUT2D eigenvalue weighted by atomic mass is 10.2. The van der Waals surface area contributed by atoms with Crippen molar-refractivity contribution >= 4 is 17.3 Å². The highest BCUT2D eigenvalue weighted by Crippen LogP contribution is 2.30. The molecule has 0 saturated carbocycles. The van der Waals surface area contributed by atoms with Gasteiger partial charge in [0.15, 0.2) is 29.9 Å². The minimum absolute atomic E-state index is 0.0258. The molecule has 0 bridgehead atoms. The number of nitro groups is 1. The first-order valence-corrected chi connectivity index (χ1v) is 8.62. The molecule has 3 rings (SSSR count). The van der Waals surface area contributed by atoms with Crippen LogP contribution in [-0.4, -0.2) is 48.5 Å². The largest absolute Gasteiger partial charge is 0.484 e. The number of carbonyl (C=O) groups is 1. The van der Waals surface area contributed by atoms with E-state index < -0.39 is 45.6 Å². The van der Waals surface area contributed by atoms with E-state index in [0.29, 0.717) is 0 Å². The maximum atomic E-state index is 13.9. The molecule has 12 heteroatoms. The zero-order valence-corrected chi connectivity index (χ0v) is 15.2. The molecule has 0 N–H and O–H groups in total. The average molecular weight is 431 g/mol. The van der Waals surface area contributed by atoms with Crippen molar-refractivity contribution in [2.45, 2.75) is 0 Å². The van der Waals surface area contributed by atoms with E-state index in [1.54, 1.807) is 0 Å². The highest BCUT2D eigenvalue weighted by atomic mass is 19.2. The van der Waals surface area contributed by atoms with Crippen LogP contribution in [0.5, 0.6) is 5.75 Å². The quantitative estimate of drug-likeness (QED) is 0.239. The summed E-state index contributed by atoms with van der Waals surface area (Å²) in [5.41, 5.74) is -1.17. The van der Waals surface area contributed by atoms with E-state index in [0.717, 1.165) is 4.90 Å². The number of anilines is 1. The van der Waals surface area contributed by atoms with Crippen LogP contribution in [0.2, 0.25) is 0 Å². The molecule has 0 aromatic heterocycles. The summed E-state index contributed by atoms with van der Waals surface area (Å²) in [6, 6.07) is 5.07. The van der Waals surface area contributed by atoms with Crippen molar-refractivity contribution in [3.63, 3.8) is 0 Å². The van der Waals surface area contributed by atoms with E-state index in [2.05, 4.69) is 0 Å². The van der Waals surface area contributed by atoms with Crippen molar-refractivity contribution < 1.29 is 36.4 Å². The maximum Gasteiger partial charge on any atom is 0.269 e. The van der Waals surface area contributed by atoms with E-state index in [9.17, 15) is 36.9 Å². The molecule has 30 heavy (non-hydrogen) atoms. The minimum atomic E-state index is -2.23. The molecular weight excluding hydrogens is 417 g/mol. The van der Waals surface area contributed by atoms with Crippen molar-refractivity contribution in [2.24, 2.45) is 0 Å². The van der Waals surface area contributed by atoms with Crippen LogP contribution in [0.15, 0.2) is 24.3 Å². The number of nitro benzene ring substituents is 1. The fraction of sp³-hybridized carbons (Fsp3) is 0.278. The monoisotopic (exact) mass is 431 g/mol. The molecule has 160 valence electrons. The predicted molar refractivity (Wildman–Crippen MR) is 93.6 cm³/mol. The summed E-state index contributed by atoms with van der Waals surface area (Å²) >= 11 is 0. The topological polar surface area (TPSA) is 75.9 Å². The first-order chi connectivity index (χ1) is 14.2. The molecule has 2 aromatic rings. The second-order valence-electron chi connectivity index (χ2n) is 6.33. The zero-order chi connectivity index (χ0) is 22.0. The molecule has 1 aliphatic rings. The molecule has 0 aliphatic carbocycles. The van der Waals surface area contributed by atoms with Gasteiger partial charge in [-0.05, 0) is 12.1 Å². The number of ether oxygens (including phenoxy) is 1. The van der Waals surface area contributed by atoms with Crippen LogP contribution in [-0.2, 0) is 4.79 Å². The Balaban J connectivity index is 1.59. The van der Waals surface area contributed by atoms with E-state index in [1.807, 2.05) is 0 Å². The van der Waals surface area contributed by atoms with Crippen LogP contribution in [0.4, 0.5) is 33.3 Å². The van der Waals surface area contributed by atoms with Crippen molar-refractivity contribution in [2.75, 3.05) is 37.7 Å². The lowest BCUT2D eigenvalue weighted by Gasteiger charge is -2.36. The summed E-state index contributed by atoms with van der Waals surface area (Å²) in [5, 5.41) is 10.6. The van der Waals surface area contributed by atoms with Gasteiger partial charge in [-0.3, -0.25) is 14.9 Å². The first kappa shape index (κ1) is 21.3. The Bertz CT molecular complexity index is 950. The lowest BCUT2D eigenvalue weighted by Crippen LogP contribution is -2.50. The van der Waals surface area contributed by atoms with Gasteiger partial charge in [-0.1, -0.05) is 0 Å². The van der Waals surface area contributed by atoms with E-state index >= 15 is 0 Å². The summed E-state index contributed by atoms with van der Waals surface area (Å²) in [6.45, 7) is -0.743. The van der Waals surface area contributed by atoms with Gasteiger partial charge in [0.05, 0.1) is 4.92 Å². The van der Waals surface area contributed by atoms with Crippen LogP contribution in [0, 0.1) is 39.2 Å². The third-order valence-electron chi connectivity index (χ3n) is 4.55. The number of benzene rings is 2. The van der Waals surface area contributed by atoms with Crippen LogP contribution in [0.3, 0.4) is 0 Å². The molecule has 7 nitrogen and oxygen atoms in total. The van der Waals surface area contributed by atoms with Gasteiger partial charge in [0, 0.05) is 38.3 Å². The number of carbonyl (C=O) groups excluding carboxylic acids is 1. The van der Waals surface area contributed by atoms with Gasteiger partial charge in [0.25, 0.3) is 11.6 Å². The Morgan fingerprint density at radius 2 is 1.40 bits per heavy atom. The second kappa shape index (κ2) is 8.51. The molecule has 2 aromatic carbocycles. The smallest absolute Gasteiger partial charge is 0.269 e. The molecule has 0 spiro atoms. The van der Waals surface area contributed by atoms with Crippen molar-refractivity contribution in [3.05, 3.63) is 63.5 Å². The number of hydrogen-bond acceptors (Lipinski definition) is 5. The number of piperazine rings is 1. The highest BCUT2D eigenvalue weighted by Gasteiger charge is 2.31. The summed E-state index contributed by atoms with van der Waals surface area (Å²) in [4.78, 5) is 24.5. The average Bonchev–Trinajstić information content (AvgIpc) is 2.75. The van der Waals surface area contributed by atoms with E-state index in [4.69, 9.17) is 4.74 Å². The van der Waals surface area contributed by atoms with Gasteiger partial charge in [0.1, 0.15) is 11.4 Å². The SMILES string of the molecule is O=C(COc1ccc([N+](=O)[O-])cc1)N1CCN(c2c(F)c(F)c(F)c(F)c2F)CC1. The molecule has 0 unspecified atom stereocenters. The van der Waals surface area contributed by atoms with Gasteiger partial charge in [-0.25, -0.2) is 22.0 Å². The Kier molecular flexibility index (Phi) is 6.04. The fourth-order valence-electron chi connectivity index (χ4n) is 2.95. The van der Waals surface area contributed by atoms with Crippen LogP contribution >= 0.6 is 0 Å². The Morgan fingerprint density at radius 1 is 0.900 bits per heavy atom. The third-order valence-corrected chi connectivity index (χ3v) is 4.55. The molecule has 1 aliphatic heterocycles. The van der Waals surface area contributed by atoms with Gasteiger partial charge in [-0.2, -0.15) is 0 Å². The molecule has 0 radical (unpaired) electrons. The molecule has 1 heterocycles.